The fourth-order valence-electron chi connectivity index (χ4n) is 2.20. The van der Waals surface area contributed by atoms with Gasteiger partial charge < -0.3 is 14.6 Å². The van der Waals surface area contributed by atoms with E-state index in [-0.39, 0.29) is 18.1 Å². The third-order valence-electron chi connectivity index (χ3n) is 3.38. The number of methoxy groups -OCH3 is 1. The number of hydrogen-bond donors (Lipinski definition) is 2. The minimum Gasteiger partial charge on any atom is -0.496 e. The summed E-state index contributed by atoms with van der Waals surface area (Å²) in [6, 6.07) is 3.69. The molecule has 1 aromatic rings. The molecule has 0 aromatic heterocycles. The topological polar surface area (TPSA) is 102 Å². The lowest BCUT2D eigenvalue weighted by molar-refractivity contribution is -0.142. The first-order chi connectivity index (χ1) is 9.85. The van der Waals surface area contributed by atoms with Gasteiger partial charge in [0.1, 0.15) is 5.75 Å². The monoisotopic (exact) mass is 315 g/mol. The molecule has 21 heavy (non-hydrogen) atoms. The Labute approximate surface area is 122 Å². The van der Waals surface area contributed by atoms with Gasteiger partial charge in [-0.25, -0.2) is 13.1 Å². The number of carboxylic acids is 1. The van der Waals surface area contributed by atoms with Crippen molar-refractivity contribution in [2.45, 2.75) is 17.9 Å². The molecule has 116 valence electrons. The number of hydrogen-bond acceptors (Lipinski definition) is 5. The largest absolute Gasteiger partial charge is 0.496 e. The SMILES string of the molecule is COc1ccc(S(=O)(=O)NC2COCC2C(=O)O)cc1C. The Morgan fingerprint density at radius 3 is 2.71 bits per heavy atom. The van der Waals surface area contributed by atoms with E-state index < -0.39 is 28.0 Å². The number of sulfonamides is 1. The summed E-state index contributed by atoms with van der Waals surface area (Å²) in [7, 11) is -2.30. The van der Waals surface area contributed by atoms with Crippen molar-refractivity contribution in [2.75, 3.05) is 20.3 Å². The molecule has 1 fully saturated rings. The molecule has 2 N–H and O–H groups in total. The van der Waals surface area contributed by atoms with Crippen LogP contribution in [0.5, 0.6) is 5.75 Å². The summed E-state index contributed by atoms with van der Waals surface area (Å²) in [5, 5.41) is 9.03. The normalized spacial score (nSPS) is 22.2. The summed E-state index contributed by atoms with van der Waals surface area (Å²) in [6.45, 7) is 1.78. The van der Waals surface area contributed by atoms with E-state index in [0.717, 1.165) is 0 Å². The van der Waals surface area contributed by atoms with E-state index in [1.807, 2.05) is 0 Å². The molecule has 2 atom stereocenters. The number of aliphatic carboxylic acids is 1. The van der Waals surface area contributed by atoms with Crippen LogP contribution in [0.3, 0.4) is 0 Å². The van der Waals surface area contributed by atoms with Crippen LogP contribution in [-0.4, -0.2) is 45.9 Å². The van der Waals surface area contributed by atoms with Crippen LogP contribution in [0.4, 0.5) is 0 Å². The van der Waals surface area contributed by atoms with E-state index in [0.29, 0.717) is 11.3 Å². The fraction of sp³-hybridized carbons (Fsp3) is 0.462. The first kappa shape index (κ1) is 15.7. The lowest BCUT2D eigenvalue weighted by Crippen LogP contribution is -2.42. The van der Waals surface area contributed by atoms with E-state index in [9.17, 15) is 13.2 Å². The smallest absolute Gasteiger partial charge is 0.310 e. The summed E-state index contributed by atoms with van der Waals surface area (Å²) in [5.74, 6) is -1.37. The van der Waals surface area contributed by atoms with E-state index in [1.165, 1.54) is 19.2 Å². The molecule has 0 bridgehead atoms. The molecular weight excluding hydrogens is 298 g/mol. The van der Waals surface area contributed by atoms with E-state index in [4.69, 9.17) is 14.6 Å². The number of rotatable bonds is 5. The minimum absolute atomic E-state index is 0.00413. The number of carboxylic acid groups (broad SMARTS) is 1. The van der Waals surface area contributed by atoms with Gasteiger partial charge in [-0.3, -0.25) is 4.79 Å². The molecule has 1 aliphatic heterocycles. The molecule has 0 aliphatic carbocycles. The predicted molar refractivity (Wildman–Crippen MR) is 73.8 cm³/mol. The van der Waals surface area contributed by atoms with Crippen molar-refractivity contribution in [1.29, 1.82) is 0 Å². The van der Waals surface area contributed by atoms with Crippen molar-refractivity contribution in [3.05, 3.63) is 23.8 Å². The number of benzene rings is 1. The second-order valence-corrected chi connectivity index (χ2v) is 6.56. The van der Waals surface area contributed by atoms with Gasteiger partial charge in [-0.1, -0.05) is 0 Å². The molecule has 1 saturated heterocycles. The molecule has 2 unspecified atom stereocenters. The molecule has 7 nitrogen and oxygen atoms in total. The maximum absolute atomic E-state index is 12.3. The van der Waals surface area contributed by atoms with Crippen LogP contribution in [0.2, 0.25) is 0 Å². The summed E-state index contributed by atoms with van der Waals surface area (Å²) in [4.78, 5) is 11.1. The van der Waals surface area contributed by atoms with E-state index in [2.05, 4.69) is 4.72 Å². The maximum Gasteiger partial charge on any atom is 0.310 e. The molecular formula is C13H17NO6S. The van der Waals surface area contributed by atoms with Gasteiger partial charge in [0.15, 0.2) is 0 Å². The van der Waals surface area contributed by atoms with Crippen LogP contribution in [0, 0.1) is 12.8 Å². The number of carbonyl (C=O) groups is 1. The second-order valence-electron chi connectivity index (χ2n) is 4.84. The highest BCUT2D eigenvalue weighted by Gasteiger charge is 2.37. The highest BCUT2D eigenvalue weighted by atomic mass is 32.2. The average Bonchev–Trinajstić information content (AvgIpc) is 2.86. The lowest BCUT2D eigenvalue weighted by Gasteiger charge is -2.16. The quantitative estimate of drug-likeness (QED) is 0.814. The Bertz CT molecular complexity index is 642. The van der Waals surface area contributed by atoms with Gasteiger partial charge in [-0.05, 0) is 30.7 Å². The molecule has 1 aliphatic rings. The van der Waals surface area contributed by atoms with Gasteiger partial charge in [0.25, 0.3) is 0 Å². The molecule has 8 heteroatoms. The van der Waals surface area contributed by atoms with Crippen molar-refractivity contribution < 1.29 is 27.8 Å². The number of nitrogens with one attached hydrogen (secondary N) is 1. The minimum atomic E-state index is -3.81. The zero-order chi connectivity index (χ0) is 15.6. The molecule has 0 amide bonds. The third-order valence-corrected chi connectivity index (χ3v) is 4.87. The van der Waals surface area contributed by atoms with Gasteiger partial charge >= 0.3 is 5.97 Å². The van der Waals surface area contributed by atoms with Crippen LogP contribution in [0.15, 0.2) is 23.1 Å². The van der Waals surface area contributed by atoms with Crippen molar-refractivity contribution >= 4 is 16.0 Å². The molecule has 2 rings (SSSR count). The highest BCUT2D eigenvalue weighted by Crippen LogP contribution is 2.23. The average molecular weight is 315 g/mol. The third kappa shape index (κ3) is 3.34. The number of ether oxygens (including phenoxy) is 2. The van der Waals surface area contributed by atoms with Crippen LogP contribution in [0.1, 0.15) is 5.56 Å². The van der Waals surface area contributed by atoms with Crippen molar-refractivity contribution in [3.63, 3.8) is 0 Å². The summed E-state index contributed by atoms with van der Waals surface area (Å²) < 4.78 is 37.1. The van der Waals surface area contributed by atoms with E-state index >= 15 is 0 Å². The Balaban J connectivity index is 2.22. The standard InChI is InChI=1S/C13H17NO6S/c1-8-5-9(3-4-12(8)19-2)21(17,18)14-11-7-20-6-10(11)13(15)16/h3-5,10-11,14H,6-7H2,1-2H3,(H,15,16). The van der Waals surface area contributed by atoms with Gasteiger partial charge in [-0.2, -0.15) is 0 Å². The highest BCUT2D eigenvalue weighted by molar-refractivity contribution is 7.89. The zero-order valence-corrected chi connectivity index (χ0v) is 12.5. The lowest BCUT2D eigenvalue weighted by atomic mass is 10.1. The van der Waals surface area contributed by atoms with Gasteiger partial charge in [0.05, 0.1) is 37.2 Å². The van der Waals surface area contributed by atoms with Gasteiger partial charge in [-0.15, -0.1) is 0 Å². The first-order valence-corrected chi connectivity index (χ1v) is 7.81. The Morgan fingerprint density at radius 2 is 2.14 bits per heavy atom. The fourth-order valence-corrected chi connectivity index (χ4v) is 3.55. The molecule has 0 saturated carbocycles. The van der Waals surface area contributed by atoms with E-state index in [1.54, 1.807) is 13.0 Å². The van der Waals surface area contributed by atoms with Crippen molar-refractivity contribution in [1.82, 2.24) is 4.72 Å². The van der Waals surface area contributed by atoms with Crippen LogP contribution in [0.25, 0.3) is 0 Å². The van der Waals surface area contributed by atoms with Crippen LogP contribution in [-0.2, 0) is 19.6 Å². The summed E-state index contributed by atoms with van der Waals surface area (Å²) in [6.07, 6.45) is 0. The first-order valence-electron chi connectivity index (χ1n) is 6.32. The maximum atomic E-state index is 12.3. The Morgan fingerprint density at radius 1 is 1.43 bits per heavy atom. The molecule has 1 aromatic carbocycles. The van der Waals surface area contributed by atoms with Crippen LogP contribution < -0.4 is 9.46 Å². The van der Waals surface area contributed by atoms with Gasteiger partial charge in [0, 0.05) is 0 Å². The summed E-state index contributed by atoms with van der Waals surface area (Å²) in [5.41, 5.74) is 0.679. The molecule has 0 spiro atoms. The Kier molecular flexibility index (Phi) is 4.50. The molecule has 0 radical (unpaired) electrons. The molecule has 1 heterocycles. The second kappa shape index (κ2) is 6.00. The predicted octanol–water partition coefficient (Wildman–Crippen LogP) is 0.382. The zero-order valence-electron chi connectivity index (χ0n) is 11.7. The van der Waals surface area contributed by atoms with Crippen LogP contribution >= 0.6 is 0 Å². The van der Waals surface area contributed by atoms with Crippen molar-refractivity contribution in [2.24, 2.45) is 5.92 Å². The van der Waals surface area contributed by atoms with Crippen molar-refractivity contribution in [3.8, 4) is 5.75 Å². The number of aryl methyl sites for hydroxylation is 1. The van der Waals surface area contributed by atoms with Gasteiger partial charge in [0.2, 0.25) is 10.0 Å². The Hall–Kier alpha value is -1.64. The summed E-state index contributed by atoms with van der Waals surface area (Å²) >= 11 is 0.